The first-order valence-electron chi connectivity index (χ1n) is 7.22. The topological polar surface area (TPSA) is 23.5 Å². The number of hydrogen-bond acceptors (Lipinski definition) is 2. The maximum absolute atomic E-state index is 8.92. The van der Waals surface area contributed by atoms with Gasteiger partial charge in [0.1, 0.15) is 0 Å². The van der Waals surface area contributed by atoms with Crippen molar-refractivity contribution in [2.45, 2.75) is 40.0 Å². The van der Waals surface area contributed by atoms with Gasteiger partial charge in [0, 0.05) is 25.4 Å². The van der Waals surface area contributed by atoms with Crippen LogP contribution in [0.5, 0.6) is 0 Å². The summed E-state index contributed by atoms with van der Waals surface area (Å²) in [5.74, 6) is 0.728. The molecule has 1 aromatic carbocycles. The molecule has 2 rings (SSSR count). The number of rotatable bonds is 3. The Morgan fingerprint density at radius 3 is 2.17 bits per heavy atom. The van der Waals surface area contributed by atoms with E-state index in [-0.39, 0.29) is 0 Å². The molecule has 0 unspecified atom stereocenters. The first kappa shape index (κ1) is 15.0. The van der Waals surface area contributed by atoms with Gasteiger partial charge in [-0.2, -0.15) is 0 Å². The van der Waals surface area contributed by atoms with Crippen molar-refractivity contribution in [1.29, 1.82) is 0 Å². The fourth-order valence-electron chi connectivity index (χ4n) is 2.42. The molecule has 0 aliphatic carbocycles. The first-order valence-corrected chi connectivity index (χ1v) is 7.22. The molecule has 1 fully saturated rings. The van der Waals surface area contributed by atoms with Crippen molar-refractivity contribution in [3.05, 3.63) is 29.8 Å². The Morgan fingerprint density at radius 1 is 1.11 bits per heavy atom. The quantitative estimate of drug-likeness (QED) is 0.884. The summed E-state index contributed by atoms with van der Waals surface area (Å²) in [6.45, 7) is 8.73. The second-order valence-electron chi connectivity index (χ2n) is 4.78. The second kappa shape index (κ2) is 8.15. The molecule has 1 aliphatic rings. The van der Waals surface area contributed by atoms with E-state index in [0.29, 0.717) is 6.61 Å². The molecule has 1 heterocycles. The van der Waals surface area contributed by atoms with Gasteiger partial charge in [0.25, 0.3) is 0 Å². The van der Waals surface area contributed by atoms with E-state index in [4.69, 9.17) is 5.11 Å². The van der Waals surface area contributed by atoms with Gasteiger partial charge in [-0.25, -0.2) is 0 Å². The van der Waals surface area contributed by atoms with Crippen LogP contribution in [0.1, 0.15) is 38.7 Å². The molecule has 0 saturated carbocycles. The fraction of sp³-hybridized carbons (Fsp3) is 0.625. The highest BCUT2D eigenvalue weighted by Gasteiger charge is 2.18. The van der Waals surface area contributed by atoms with E-state index in [9.17, 15) is 0 Å². The Kier molecular flexibility index (Phi) is 6.81. The van der Waals surface area contributed by atoms with Gasteiger partial charge in [-0.1, -0.05) is 31.5 Å². The van der Waals surface area contributed by atoms with Gasteiger partial charge < -0.3 is 10.0 Å². The maximum atomic E-state index is 8.92. The van der Waals surface area contributed by atoms with Crippen LogP contribution in [0.25, 0.3) is 0 Å². The van der Waals surface area contributed by atoms with Gasteiger partial charge in [-0.05, 0) is 44.2 Å². The molecule has 102 valence electrons. The van der Waals surface area contributed by atoms with Crippen LogP contribution in [0, 0.1) is 12.8 Å². The van der Waals surface area contributed by atoms with E-state index in [2.05, 4.69) is 36.1 Å². The van der Waals surface area contributed by atoms with Crippen LogP contribution in [0.3, 0.4) is 0 Å². The summed E-state index contributed by atoms with van der Waals surface area (Å²) in [7, 11) is 0. The molecule has 0 bridgehead atoms. The molecule has 2 heteroatoms. The number of aliphatic hydroxyl groups is 1. The predicted octanol–water partition coefficient (Wildman–Crippen LogP) is 3.62. The molecule has 2 nitrogen and oxygen atoms in total. The summed E-state index contributed by atoms with van der Waals surface area (Å²) in [4.78, 5) is 2.45. The van der Waals surface area contributed by atoms with Crippen molar-refractivity contribution >= 4 is 5.69 Å². The van der Waals surface area contributed by atoms with Gasteiger partial charge in [-0.3, -0.25) is 0 Å². The lowest BCUT2D eigenvalue weighted by molar-refractivity contribution is 0.240. The molecule has 0 spiro atoms. The van der Waals surface area contributed by atoms with E-state index in [1.807, 2.05) is 13.8 Å². The Hall–Kier alpha value is -1.02. The van der Waals surface area contributed by atoms with Gasteiger partial charge >= 0.3 is 0 Å². The Balaban J connectivity index is 0.000000771. The molecule has 0 atom stereocenters. The summed E-state index contributed by atoms with van der Waals surface area (Å²) in [5, 5.41) is 8.92. The molecule has 1 aliphatic heterocycles. The van der Waals surface area contributed by atoms with E-state index < -0.39 is 0 Å². The number of hydrogen-bond donors (Lipinski definition) is 1. The van der Waals surface area contributed by atoms with Gasteiger partial charge in [0.05, 0.1) is 0 Å². The Labute approximate surface area is 112 Å². The van der Waals surface area contributed by atoms with Crippen molar-refractivity contribution in [1.82, 2.24) is 0 Å². The highest BCUT2D eigenvalue weighted by Crippen LogP contribution is 2.24. The molecule has 0 aromatic heterocycles. The largest absolute Gasteiger partial charge is 0.396 e. The van der Waals surface area contributed by atoms with Crippen LogP contribution in [0.2, 0.25) is 0 Å². The number of benzene rings is 1. The van der Waals surface area contributed by atoms with Gasteiger partial charge in [0.15, 0.2) is 0 Å². The van der Waals surface area contributed by atoms with Crippen LogP contribution in [-0.4, -0.2) is 24.8 Å². The lowest BCUT2D eigenvalue weighted by Crippen LogP contribution is -2.33. The lowest BCUT2D eigenvalue weighted by atomic mass is 9.93. The SMILES string of the molecule is CC.Cc1ccc(N2CCC(CCO)CC2)cc1. The zero-order valence-corrected chi connectivity index (χ0v) is 12.0. The molecule has 1 saturated heterocycles. The van der Waals surface area contributed by atoms with E-state index in [0.717, 1.165) is 25.4 Å². The van der Waals surface area contributed by atoms with E-state index in [1.165, 1.54) is 24.1 Å². The van der Waals surface area contributed by atoms with Crippen LogP contribution >= 0.6 is 0 Å². The van der Waals surface area contributed by atoms with Crippen molar-refractivity contribution in [2.24, 2.45) is 5.92 Å². The summed E-state index contributed by atoms with van der Waals surface area (Å²) >= 11 is 0. The minimum absolute atomic E-state index is 0.342. The normalized spacial score (nSPS) is 16.1. The zero-order valence-electron chi connectivity index (χ0n) is 12.0. The van der Waals surface area contributed by atoms with Crippen LogP contribution in [-0.2, 0) is 0 Å². The number of aryl methyl sites for hydroxylation is 1. The van der Waals surface area contributed by atoms with Crippen molar-refractivity contribution in [2.75, 3.05) is 24.6 Å². The van der Waals surface area contributed by atoms with Gasteiger partial charge in [0.2, 0.25) is 0 Å². The average Bonchev–Trinajstić information content (AvgIpc) is 2.43. The minimum atomic E-state index is 0.342. The monoisotopic (exact) mass is 249 g/mol. The van der Waals surface area contributed by atoms with Crippen LogP contribution in [0.15, 0.2) is 24.3 Å². The van der Waals surface area contributed by atoms with Crippen LogP contribution in [0.4, 0.5) is 5.69 Å². The Morgan fingerprint density at radius 2 is 1.67 bits per heavy atom. The van der Waals surface area contributed by atoms with E-state index >= 15 is 0 Å². The van der Waals surface area contributed by atoms with Crippen molar-refractivity contribution < 1.29 is 5.11 Å². The molecule has 1 aromatic rings. The summed E-state index contributed by atoms with van der Waals surface area (Å²) in [6, 6.07) is 8.77. The smallest absolute Gasteiger partial charge is 0.0433 e. The maximum Gasteiger partial charge on any atom is 0.0433 e. The highest BCUT2D eigenvalue weighted by atomic mass is 16.3. The van der Waals surface area contributed by atoms with Crippen LogP contribution < -0.4 is 4.90 Å². The number of piperidine rings is 1. The van der Waals surface area contributed by atoms with E-state index in [1.54, 1.807) is 0 Å². The molecule has 0 amide bonds. The fourth-order valence-corrected chi connectivity index (χ4v) is 2.42. The standard InChI is InChI=1S/C14H21NO.C2H6/c1-12-2-4-14(5-3-12)15-9-6-13(7-10-15)8-11-16;1-2/h2-5,13,16H,6-11H2,1H3;1-2H3. The molecule has 0 radical (unpaired) electrons. The third kappa shape index (κ3) is 4.34. The highest BCUT2D eigenvalue weighted by molar-refractivity contribution is 5.47. The summed E-state index contributed by atoms with van der Waals surface area (Å²) in [6.07, 6.45) is 3.41. The lowest BCUT2D eigenvalue weighted by Gasteiger charge is -2.33. The second-order valence-corrected chi connectivity index (χ2v) is 4.78. The summed E-state index contributed by atoms with van der Waals surface area (Å²) in [5.41, 5.74) is 2.66. The average molecular weight is 249 g/mol. The molecule has 18 heavy (non-hydrogen) atoms. The first-order chi connectivity index (χ1) is 8.79. The Bertz CT molecular complexity index is 312. The predicted molar refractivity (Wildman–Crippen MR) is 79.2 cm³/mol. The third-order valence-electron chi connectivity index (χ3n) is 3.55. The molecular weight excluding hydrogens is 222 g/mol. The molecular formula is C16H27NO. The van der Waals surface area contributed by atoms with Crippen molar-refractivity contribution in [3.8, 4) is 0 Å². The summed E-state index contributed by atoms with van der Waals surface area (Å²) < 4.78 is 0. The number of nitrogens with zero attached hydrogens (tertiary/aromatic N) is 1. The molecule has 1 N–H and O–H groups in total. The van der Waals surface area contributed by atoms with Crippen molar-refractivity contribution in [3.63, 3.8) is 0 Å². The minimum Gasteiger partial charge on any atom is -0.396 e. The third-order valence-corrected chi connectivity index (χ3v) is 3.55. The zero-order chi connectivity index (χ0) is 13.4. The van der Waals surface area contributed by atoms with Gasteiger partial charge in [-0.15, -0.1) is 0 Å². The number of aliphatic hydroxyl groups excluding tert-OH is 1. The number of anilines is 1.